The molecule has 2 aromatic carbocycles. The second-order valence-corrected chi connectivity index (χ2v) is 9.77. The van der Waals surface area contributed by atoms with E-state index in [1.165, 1.54) is 0 Å². The lowest BCUT2D eigenvalue weighted by Gasteiger charge is -2.07. The SMILES string of the molecule is C#CP1(=O)c2c(sc3ccccc23)-c2sc3ccccc3c21. The minimum Gasteiger partial charge on any atom is -0.300 e. The zero-order valence-electron chi connectivity index (χ0n) is 11.4. The summed E-state index contributed by atoms with van der Waals surface area (Å²) in [6.45, 7) is 0. The standard InChI is InChI=1S/C18H9OPS2/c1-2-20(19)15-11-7-3-5-9-13(11)21-17(15)18-16(20)12-8-4-6-10-14(12)22-18/h1,3-10H. The van der Waals surface area contributed by atoms with Crippen molar-refractivity contribution < 1.29 is 4.57 Å². The summed E-state index contributed by atoms with van der Waals surface area (Å²) in [5, 5.41) is 3.89. The lowest BCUT2D eigenvalue weighted by Crippen LogP contribution is -2.07. The van der Waals surface area contributed by atoms with Crippen LogP contribution in [0.3, 0.4) is 0 Å². The first-order valence-electron chi connectivity index (χ1n) is 6.86. The minimum atomic E-state index is -2.98. The Hall–Kier alpha value is -1.85. The van der Waals surface area contributed by atoms with E-state index in [0.717, 1.165) is 40.5 Å². The molecule has 0 amide bonds. The summed E-state index contributed by atoms with van der Waals surface area (Å²) < 4.78 is 16.1. The van der Waals surface area contributed by atoms with E-state index in [4.69, 9.17) is 6.42 Å². The second kappa shape index (κ2) is 4.12. The predicted octanol–water partition coefficient (Wildman–Crippen LogP) is 5.00. The number of terminal acetylenes is 1. The molecule has 0 bridgehead atoms. The Bertz CT molecular complexity index is 1090. The summed E-state index contributed by atoms with van der Waals surface area (Å²) in [4.78, 5) is 2.22. The van der Waals surface area contributed by atoms with Gasteiger partial charge in [-0.05, 0) is 17.8 Å². The van der Waals surface area contributed by atoms with Crippen molar-refractivity contribution in [1.29, 1.82) is 0 Å². The topological polar surface area (TPSA) is 17.1 Å². The third-order valence-electron chi connectivity index (χ3n) is 4.16. The van der Waals surface area contributed by atoms with Crippen LogP contribution >= 0.6 is 29.8 Å². The molecule has 0 unspecified atom stereocenters. The van der Waals surface area contributed by atoms with Gasteiger partial charge in [-0.3, -0.25) is 4.57 Å². The fourth-order valence-electron chi connectivity index (χ4n) is 3.24. The number of thiophene rings is 2. The fraction of sp³-hybridized carbons (Fsp3) is 0. The van der Waals surface area contributed by atoms with E-state index >= 15 is 0 Å². The lowest BCUT2D eigenvalue weighted by molar-refractivity contribution is 0.594. The summed E-state index contributed by atoms with van der Waals surface area (Å²) in [6, 6.07) is 16.2. The van der Waals surface area contributed by atoms with Crippen LogP contribution < -0.4 is 10.6 Å². The largest absolute Gasteiger partial charge is 0.300 e. The van der Waals surface area contributed by atoms with Crippen molar-refractivity contribution in [1.82, 2.24) is 0 Å². The van der Waals surface area contributed by atoms with Crippen molar-refractivity contribution in [3.05, 3.63) is 48.5 Å². The Morgan fingerprint density at radius 1 is 0.818 bits per heavy atom. The molecule has 4 heteroatoms. The lowest BCUT2D eigenvalue weighted by atomic mass is 10.2. The molecule has 1 aliphatic rings. The van der Waals surface area contributed by atoms with Crippen molar-refractivity contribution in [2.24, 2.45) is 0 Å². The molecule has 0 radical (unpaired) electrons. The molecule has 0 atom stereocenters. The second-order valence-electron chi connectivity index (χ2n) is 5.29. The molecule has 0 aliphatic carbocycles. The van der Waals surface area contributed by atoms with Crippen molar-refractivity contribution >= 4 is 60.6 Å². The Morgan fingerprint density at radius 2 is 1.27 bits per heavy atom. The average molecular weight is 336 g/mol. The van der Waals surface area contributed by atoms with Crippen LogP contribution in [0.2, 0.25) is 0 Å². The Kier molecular flexibility index (Phi) is 2.37. The molecular formula is C18H9OPS2. The maximum absolute atomic E-state index is 13.8. The van der Waals surface area contributed by atoms with Gasteiger partial charge in [-0.15, -0.1) is 29.1 Å². The molecule has 1 aliphatic heterocycles. The number of rotatable bonds is 0. The van der Waals surface area contributed by atoms with Crippen LogP contribution in [0.4, 0.5) is 0 Å². The predicted molar refractivity (Wildman–Crippen MR) is 98.4 cm³/mol. The first-order chi connectivity index (χ1) is 10.7. The van der Waals surface area contributed by atoms with E-state index in [2.05, 4.69) is 17.8 Å². The van der Waals surface area contributed by atoms with E-state index < -0.39 is 7.14 Å². The van der Waals surface area contributed by atoms with Gasteiger partial charge < -0.3 is 0 Å². The molecule has 0 saturated heterocycles. The number of benzene rings is 2. The highest BCUT2D eigenvalue weighted by atomic mass is 32.1. The molecule has 4 aromatic rings. The monoisotopic (exact) mass is 336 g/mol. The number of hydrogen-bond donors (Lipinski definition) is 0. The van der Waals surface area contributed by atoms with Crippen LogP contribution in [-0.4, -0.2) is 0 Å². The van der Waals surface area contributed by atoms with Gasteiger partial charge in [0.2, 0.25) is 7.14 Å². The molecule has 5 rings (SSSR count). The Labute approximate surface area is 135 Å². The fourth-order valence-corrected chi connectivity index (χ4v) is 9.28. The maximum Gasteiger partial charge on any atom is 0.214 e. The normalized spacial score (nSPS) is 14.9. The molecule has 22 heavy (non-hydrogen) atoms. The molecule has 0 saturated carbocycles. The smallest absolute Gasteiger partial charge is 0.214 e. The van der Waals surface area contributed by atoms with Gasteiger partial charge in [0.05, 0.1) is 20.4 Å². The Morgan fingerprint density at radius 3 is 1.73 bits per heavy atom. The molecule has 1 nitrogen and oxygen atoms in total. The van der Waals surface area contributed by atoms with Crippen LogP contribution in [0, 0.1) is 12.1 Å². The summed E-state index contributed by atoms with van der Waals surface area (Å²) in [6.07, 6.45) is 5.79. The Balaban J connectivity index is 2.05. The summed E-state index contributed by atoms with van der Waals surface area (Å²) in [7, 11) is -2.98. The van der Waals surface area contributed by atoms with Gasteiger partial charge in [0, 0.05) is 20.2 Å². The van der Waals surface area contributed by atoms with Crippen molar-refractivity contribution in [2.45, 2.75) is 0 Å². The van der Waals surface area contributed by atoms with Gasteiger partial charge in [-0.2, -0.15) is 0 Å². The quantitative estimate of drug-likeness (QED) is 0.326. The molecule has 0 fully saturated rings. The molecule has 0 N–H and O–H groups in total. The van der Waals surface area contributed by atoms with Gasteiger partial charge >= 0.3 is 0 Å². The zero-order chi connectivity index (χ0) is 14.9. The highest BCUT2D eigenvalue weighted by Gasteiger charge is 2.43. The highest BCUT2D eigenvalue weighted by Crippen LogP contribution is 2.60. The third-order valence-corrected chi connectivity index (χ3v) is 9.52. The van der Waals surface area contributed by atoms with Gasteiger partial charge in [0.1, 0.15) is 0 Å². The van der Waals surface area contributed by atoms with Crippen LogP contribution in [0.15, 0.2) is 48.5 Å². The summed E-state index contributed by atoms with van der Waals surface area (Å²) >= 11 is 3.41. The molecule has 104 valence electrons. The molecular weight excluding hydrogens is 327 g/mol. The minimum absolute atomic E-state index is 0.891. The van der Waals surface area contributed by atoms with Gasteiger partial charge in [-0.25, -0.2) is 0 Å². The van der Waals surface area contributed by atoms with Crippen LogP contribution in [0.5, 0.6) is 0 Å². The zero-order valence-corrected chi connectivity index (χ0v) is 13.9. The van der Waals surface area contributed by atoms with Gasteiger partial charge in [0.15, 0.2) is 0 Å². The van der Waals surface area contributed by atoms with Crippen LogP contribution in [0.1, 0.15) is 0 Å². The highest BCUT2D eigenvalue weighted by molar-refractivity contribution is 7.86. The van der Waals surface area contributed by atoms with E-state index in [-0.39, 0.29) is 0 Å². The van der Waals surface area contributed by atoms with Gasteiger partial charge in [-0.1, -0.05) is 36.4 Å². The van der Waals surface area contributed by atoms with Crippen LogP contribution in [-0.2, 0) is 4.57 Å². The molecule has 2 aromatic heterocycles. The van der Waals surface area contributed by atoms with Crippen molar-refractivity contribution in [2.75, 3.05) is 0 Å². The number of fused-ring (bicyclic) bond motifs is 7. The number of hydrogen-bond acceptors (Lipinski definition) is 3. The first-order valence-corrected chi connectivity index (χ1v) is 10.2. The summed E-state index contributed by atoms with van der Waals surface area (Å²) in [5.74, 6) is 0. The molecule has 3 heterocycles. The van der Waals surface area contributed by atoms with Gasteiger partial charge in [0.25, 0.3) is 0 Å². The van der Waals surface area contributed by atoms with Crippen molar-refractivity contribution in [3.63, 3.8) is 0 Å². The van der Waals surface area contributed by atoms with E-state index in [0.29, 0.717) is 0 Å². The van der Waals surface area contributed by atoms with E-state index in [9.17, 15) is 4.57 Å². The summed E-state index contributed by atoms with van der Waals surface area (Å²) in [5.41, 5.74) is 2.68. The van der Waals surface area contributed by atoms with Crippen molar-refractivity contribution in [3.8, 4) is 21.8 Å². The maximum atomic E-state index is 13.8. The van der Waals surface area contributed by atoms with E-state index in [1.807, 2.05) is 36.4 Å². The molecule has 0 spiro atoms. The van der Waals surface area contributed by atoms with E-state index in [1.54, 1.807) is 22.7 Å². The first kappa shape index (κ1) is 12.7. The van der Waals surface area contributed by atoms with Crippen LogP contribution in [0.25, 0.3) is 29.9 Å². The average Bonchev–Trinajstić information content (AvgIpc) is 3.18. The third kappa shape index (κ3) is 1.34.